The maximum Gasteiger partial charge on any atom is 0.195 e. The number of thiazole rings is 1. The Balaban J connectivity index is 1.50. The number of nitrogens with zero attached hydrogens (tertiary/aromatic N) is 2. The second-order valence-electron chi connectivity index (χ2n) is 10.1. The van der Waals surface area contributed by atoms with Crippen molar-refractivity contribution in [2.75, 3.05) is 0 Å². The summed E-state index contributed by atoms with van der Waals surface area (Å²) < 4.78 is 3.56. The van der Waals surface area contributed by atoms with Crippen LogP contribution in [0.15, 0.2) is 97.1 Å². The van der Waals surface area contributed by atoms with Gasteiger partial charge in [0.1, 0.15) is 0 Å². The molecule has 2 heterocycles. The van der Waals surface area contributed by atoms with Crippen molar-refractivity contribution < 1.29 is 0 Å². The number of hydrogen-bond donors (Lipinski definition) is 0. The molecule has 0 spiro atoms. The summed E-state index contributed by atoms with van der Waals surface area (Å²) in [6.45, 7) is 4.73. The Labute approximate surface area is 207 Å². The van der Waals surface area contributed by atoms with Gasteiger partial charge in [-0.15, -0.1) is 0 Å². The molecule has 5 aromatic carbocycles. The highest BCUT2D eigenvalue weighted by atomic mass is 32.1. The van der Waals surface area contributed by atoms with Gasteiger partial charge in [0.2, 0.25) is 0 Å². The van der Waals surface area contributed by atoms with Gasteiger partial charge in [0.05, 0.1) is 21.3 Å². The first kappa shape index (κ1) is 19.4. The molecule has 0 saturated heterocycles. The molecule has 2 nitrogen and oxygen atoms in total. The van der Waals surface area contributed by atoms with Crippen LogP contribution in [0.3, 0.4) is 0 Å². The molecule has 0 radical (unpaired) electrons. The third-order valence-corrected chi connectivity index (χ3v) is 8.82. The third kappa shape index (κ3) is 2.46. The van der Waals surface area contributed by atoms with Crippen LogP contribution in [-0.4, -0.2) is 9.55 Å². The summed E-state index contributed by atoms with van der Waals surface area (Å²) in [6.07, 6.45) is 0. The fourth-order valence-electron chi connectivity index (χ4n) is 6.24. The van der Waals surface area contributed by atoms with Crippen molar-refractivity contribution in [3.8, 4) is 16.3 Å². The molecule has 0 bridgehead atoms. The Hall–Kier alpha value is -3.95. The topological polar surface area (TPSA) is 17.8 Å². The van der Waals surface area contributed by atoms with Gasteiger partial charge in [-0.1, -0.05) is 91.9 Å². The van der Waals surface area contributed by atoms with Crippen LogP contribution in [0.25, 0.3) is 59.1 Å². The molecule has 8 rings (SSSR count). The summed E-state index contributed by atoms with van der Waals surface area (Å²) in [6, 6.07) is 35.4. The Bertz CT molecular complexity index is 1950. The molecule has 0 unspecified atom stereocenters. The van der Waals surface area contributed by atoms with Crippen molar-refractivity contribution in [1.29, 1.82) is 0 Å². The van der Waals surface area contributed by atoms with Gasteiger partial charge in [-0.25, -0.2) is 4.98 Å². The minimum Gasteiger partial charge on any atom is -0.285 e. The molecule has 7 aromatic rings. The molecule has 2 aromatic heterocycles. The van der Waals surface area contributed by atoms with Gasteiger partial charge >= 0.3 is 0 Å². The summed E-state index contributed by atoms with van der Waals surface area (Å²) in [5.74, 6) is 0. The Kier molecular flexibility index (Phi) is 3.64. The quantitative estimate of drug-likeness (QED) is 0.236. The van der Waals surface area contributed by atoms with Gasteiger partial charge < -0.3 is 0 Å². The van der Waals surface area contributed by atoms with E-state index < -0.39 is 0 Å². The standard InChI is InChI=1S/C32H22N2S/c1-32(2)25-11-5-3-9-20(25)22-16-15-19-17-28-24(18-23(19)30(22)32)21-10-4-7-13-27(21)34(28)31-33-26-12-6-8-14-29(26)35-31/h3-18H,1-2H3. The highest BCUT2D eigenvalue weighted by Gasteiger charge is 2.36. The highest BCUT2D eigenvalue weighted by molar-refractivity contribution is 7.20. The summed E-state index contributed by atoms with van der Waals surface area (Å²) in [5.41, 5.74) is 9.02. The molecule has 3 heteroatoms. The predicted molar refractivity (Wildman–Crippen MR) is 149 cm³/mol. The number of benzene rings is 5. The maximum absolute atomic E-state index is 5.03. The molecule has 0 fully saturated rings. The van der Waals surface area contributed by atoms with Crippen LogP contribution in [0.2, 0.25) is 0 Å². The van der Waals surface area contributed by atoms with Crippen molar-refractivity contribution in [1.82, 2.24) is 9.55 Å². The number of para-hydroxylation sites is 2. The molecular weight excluding hydrogens is 444 g/mol. The van der Waals surface area contributed by atoms with E-state index in [1.165, 1.54) is 59.5 Å². The van der Waals surface area contributed by atoms with E-state index in [1.54, 1.807) is 11.3 Å². The number of aromatic nitrogens is 2. The number of hydrogen-bond acceptors (Lipinski definition) is 2. The predicted octanol–water partition coefficient (Wildman–Crippen LogP) is 8.85. The molecular formula is C32H22N2S. The molecule has 35 heavy (non-hydrogen) atoms. The van der Waals surface area contributed by atoms with E-state index in [9.17, 15) is 0 Å². The normalized spacial score (nSPS) is 14.2. The Morgan fingerprint density at radius 1 is 0.686 bits per heavy atom. The molecule has 1 aliphatic rings. The fourth-order valence-corrected chi connectivity index (χ4v) is 7.24. The van der Waals surface area contributed by atoms with E-state index in [1.807, 2.05) is 0 Å². The lowest BCUT2D eigenvalue weighted by molar-refractivity contribution is 0.666. The lowest BCUT2D eigenvalue weighted by atomic mass is 9.80. The largest absolute Gasteiger partial charge is 0.285 e. The van der Waals surface area contributed by atoms with Gasteiger partial charge in [-0.2, -0.15) is 0 Å². The van der Waals surface area contributed by atoms with Gasteiger partial charge in [-0.3, -0.25) is 4.57 Å². The summed E-state index contributed by atoms with van der Waals surface area (Å²) >= 11 is 1.75. The average molecular weight is 467 g/mol. The first-order valence-corrected chi connectivity index (χ1v) is 12.9. The lowest BCUT2D eigenvalue weighted by Gasteiger charge is -2.23. The minimum atomic E-state index is -0.0372. The maximum atomic E-state index is 5.03. The molecule has 0 saturated carbocycles. The second kappa shape index (κ2) is 6.59. The third-order valence-electron chi connectivity index (χ3n) is 7.80. The van der Waals surface area contributed by atoms with Crippen molar-refractivity contribution in [3.05, 3.63) is 108 Å². The van der Waals surface area contributed by atoms with Crippen LogP contribution in [-0.2, 0) is 5.41 Å². The van der Waals surface area contributed by atoms with Gasteiger partial charge in [0.15, 0.2) is 5.13 Å². The average Bonchev–Trinajstić information content (AvgIpc) is 3.51. The van der Waals surface area contributed by atoms with Crippen LogP contribution in [0.5, 0.6) is 0 Å². The molecule has 0 amide bonds. The zero-order valence-corrected chi connectivity index (χ0v) is 20.4. The summed E-state index contributed by atoms with van der Waals surface area (Å²) in [5, 5.41) is 6.21. The van der Waals surface area contributed by atoms with Crippen LogP contribution >= 0.6 is 11.3 Å². The van der Waals surface area contributed by atoms with Crippen molar-refractivity contribution in [3.63, 3.8) is 0 Å². The Morgan fingerprint density at radius 2 is 1.49 bits per heavy atom. The van der Waals surface area contributed by atoms with E-state index in [0.29, 0.717) is 0 Å². The second-order valence-corrected chi connectivity index (χ2v) is 11.1. The van der Waals surface area contributed by atoms with Crippen LogP contribution in [0.4, 0.5) is 0 Å². The number of fused-ring (bicyclic) bond motifs is 9. The van der Waals surface area contributed by atoms with E-state index >= 15 is 0 Å². The number of rotatable bonds is 1. The smallest absolute Gasteiger partial charge is 0.195 e. The van der Waals surface area contributed by atoms with E-state index in [2.05, 4.69) is 115 Å². The molecule has 0 N–H and O–H groups in total. The molecule has 166 valence electrons. The summed E-state index contributed by atoms with van der Waals surface area (Å²) in [7, 11) is 0. The van der Waals surface area contributed by atoms with Crippen molar-refractivity contribution in [2.45, 2.75) is 19.3 Å². The highest BCUT2D eigenvalue weighted by Crippen LogP contribution is 2.52. The van der Waals surface area contributed by atoms with Gasteiger partial charge in [0.25, 0.3) is 0 Å². The minimum absolute atomic E-state index is 0.0372. The zero-order chi connectivity index (χ0) is 23.3. The SMILES string of the molecule is CC1(C)c2ccccc2-c2ccc3cc4c(cc3c21)c1ccccc1n4-c1nc2ccccc2s1. The van der Waals surface area contributed by atoms with Crippen molar-refractivity contribution in [2.24, 2.45) is 0 Å². The lowest BCUT2D eigenvalue weighted by Crippen LogP contribution is -2.15. The molecule has 1 aliphatic carbocycles. The van der Waals surface area contributed by atoms with Crippen LogP contribution in [0, 0.1) is 0 Å². The van der Waals surface area contributed by atoms with E-state index in [-0.39, 0.29) is 5.41 Å². The van der Waals surface area contributed by atoms with Crippen LogP contribution in [0.1, 0.15) is 25.0 Å². The van der Waals surface area contributed by atoms with Crippen molar-refractivity contribution >= 4 is 54.1 Å². The van der Waals surface area contributed by atoms with Gasteiger partial charge in [-0.05, 0) is 63.4 Å². The van der Waals surface area contributed by atoms with Gasteiger partial charge in [0, 0.05) is 16.2 Å². The van der Waals surface area contributed by atoms with Crippen LogP contribution < -0.4 is 0 Å². The van der Waals surface area contributed by atoms with E-state index in [0.717, 1.165) is 10.6 Å². The monoisotopic (exact) mass is 466 g/mol. The molecule has 0 aliphatic heterocycles. The summed E-state index contributed by atoms with van der Waals surface area (Å²) in [4.78, 5) is 5.03. The fraction of sp³-hybridized carbons (Fsp3) is 0.0938. The Morgan fingerprint density at radius 3 is 2.40 bits per heavy atom. The first-order chi connectivity index (χ1) is 17.1. The zero-order valence-electron chi connectivity index (χ0n) is 19.5. The first-order valence-electron chi connectivity index (χ1n) is 12.1. The molecule has 0 atom stereocenters. The van der Waals surface area contributed by atoms with E-state index in [4.69, 9.17) is 4.98 Å².